The number of nitriles is 1. The lowest BCUT2D eigenvalue weighted by atomic mass is 10.1. The number of benzene rings is 2. The molecule has 156 valence electrons. The van der Waals surface area contributed by atoms with Gasteiger partial charge in [-0.2, -0.15) is 9.57 Å². The number of nitrogens with zero attached hydrogens (tertiary/aromatic N) is 2. The number of ether oxygens (including phenoxy) is 1. The topological polar surface area (TPSA) is 99.5 Å². The second-order valence-corrected chi connectivity index (χ2v) is 8.68. The molecule has 1 aliphatic heterocycles. The minimum atomic E-state index is -3.52. The fraction of sp³-hybridized carbons (Fsp3) is 0.273. The van der Waals surface area contributed by atoms with Crippen molar-refractivity contribution >= 4 is 22.0 Å². The molecule has 0 atom stereocenters. The van der Waals surface area contributed by atoms with Crippen molar-refractivity contribution in [3.05, 3.63) is 71.3 Å². The van der Waals surface area contributed by atoms with E-state index in [2.05, 4.69) is 5.32 Å². The molecule has 7 nitrogen and oxygen atoms in total. The summed E-state index contributed by atoms with van der Waals surface area (Å²) in [6, 6.07) is 17.7. The molecular formula is C22H23N3O4S. The van der Waals surface area contributed by atoms with Crippen molar-refractivity contribution in [3.8, 4) is 6.07 Å². The van der Waals surface area contributed by atoms with Crippen LogP contribution in [0.5, 0.6) is 0 Å². The third kappa shape index (κ3) is 5.54. The fourth-order valence-electron chi connectivity index (χ4n) is 3.04. The highest BCUT2D eigenvalue weighted by atomic mass is 32.2. The molecule has 1 heterocycles. The number of rotatable bonds is 7. The molecule has 0 spiro atoms. The van der Waals surface area contributed by atoms with E-state index in [9.17, 15) is 18.5 Å². The molecular weight excluding hydrogens is 402 g/mol. The van der Waals surface area contributed by atoms with Crippen LogP contribution in [-0.2, 0) is 26.0 Å². The highest BCUT2D eigenvalue weighted by Crippen LogP contribution is 2.18. The van der Waals surface area contributed by atoms with Crippen molar-refractivity contribution in [2.45, 2.75) is 11.3 Å². The van der Waals surface area contributed by atoms with Crippen LogP contribution in [0.3, 0.4) is 0 Å². The van der Waals surface area contributed by atoms with Crippen LogP contribution in [0.2, 0.25) is 0 Å². The Hall–Kier alpha value is -2.99. The number of amides is 1. The molecule has 8 heteroatoms. The number of nitrogens with one attached hydrogen (secondary N) is 1. The maximum atomic E-state index is 12.6. The number of hydrogen-bond donors (Lipinski definition) is 1. The van der Waals surface area contributed by atoms with E-state index in [1.807, 2.05) is 36.4 Å². The van der Waals surface area contributed by atoms with Crippen LogP contribution in [0.25, 0.3) is 6.08 Å². The van der Waals surface area contributed by atoms with Gasteiger partial charge in [0, 0.05) is 19.6 Å². The molecule has 30 heavy (non-hydrogen) atoms. The van der Waals surface area contributed by atoms with Crippen LogP contribution in [0.4, 0.5) is 0 Å². The van der Waals surface area contributed by atoms with Gasteiger partial charge >= 0.3 is 0 Å². The van der Waals surface area contributed by atoms with Crippen molar-refractivity contribution in [3.63, 3.8) is 0 Å². The van der Waals surface area contributed by atoms with Gasteiger partial charge in [-0.1, -0.05) is 42.5 Å². The summed E-state index contributed by atoms with van der Waals surface area (Å²) >= 11 is 0. The van der Waals surface area contributed by atoms with Gasteiger partial charge in [-0.05, 0) is 35.8 Å². The molecule has 0 radical (unpaired) electrons. The largest absolute Gasteiger partial charge is 0.379 e. The summed E-state index contributed by atoms with van der Waals surface area (Å²) in [4.78, 5) is 12.5. The standard InChI is InChI=1S/C22H23N3O4S/c23-17-20(16-19-4-2-1-3-5-19)22(26)24-11-10-18-6-8-21(9-7-18)30(27,28)25-12-14-29-15-13-25/h1-9,16H,10-15H2,(H,24,26)/b20-16+. The van der Waals surface area contributed by atoms with Crippen LogP contribution in [0.1, 0.15) is 11.1 Å². The van der Waals surface area contributed by atoms with E-state index in [1.54, 1.807) is 30.3 Å². The van der Waals surface area contributed by atoms with Gasteiger partial charge in [0.25, 0.3) is 5.91 Å². The van der Waals surface area contributed by atoms with E-state index >= 15 is 0 Å². The lowest BCUT2D eigenvalue weighted by Gasteiger charge is -2.26. The maximum absolute atomic E-state index is 12.6. The van der Waals surface area contributed by atoms with Crippen LogP contribution < -0.4 is 5.32 Å². The Bertz CT molecular complexity index is 1040. The number of morpholine rings is 1. The fourth-order valence-corrected chi connectivity index (χ4v) is 4.45. The van der Waals surface area contributed by atoms with Gasteiger partial charge in [-0.15, -0.1) is 0 Å². The minimum Gasteiger partial charge on any atom is -0.379 e. The second kappa shape index (κ2) is 10.2. The Morgan fingerprint density at radius 3 is 2.40 bits per heavy atom. The molecule has 0 aliphatic carbocycles. The molecule has 0 bridgehead atoms. The molecule has 1 fully saturated rings. The van der Waals surface area contributed by atoms with Crippen molar-refractivity contribution < 1.29 is 17.9 Å². The summed E-state index contributed by atoms with van der Waals surface area (Å²) in [5.41, 5.74) is 1.70. The van der Waals surface area contributed by atoms with E-state index in [1.165, 1.54) is 4.31 Å². The Morgan fingerprint density at radius 2 is 1.77 bits per heavy atom. The third-order valence-electron chi connectivity index (χ3n) is 4.71. The minimum absolute atomic E-state index is 0.0353. The zero-order valence-corrected chi connectivity index (χ0v) is 17.3. The number of carbonyl (C=O) groups excluding carboxylic acids is 1. The first kappa shape index (κ1) is 21.7. The molecule has 2 aromatic rings. The summed E-state index contributed by atoms with van der Waals surface area (Å²) in [6.45, 7) is 1.85. The van der Waals surface area contributed by atoms with Crippen LogP contribution >= 0.6 is 0 Å². The molecule has 1 amide bonds. The molecule has 1 aliphatic rings. The van der Waals surface area contributed by atoms with Gasteiger partial charge in [0.2, 0.25) is 10.0 Å². The normalized spacial score (nSPS) is 15.4. The number of hydrogen-bond acceptors (Lipinski definition) is 5. The quantitative estimate of drug-likeness (QED) is 0.540. The first-order valence-corrected chi connectivity index (χ1v) is 11.1. The summed E-state index contributed by atoms with van der Waals surface area (Å²) < 4.78 is 31.9. The monoisotopic (exact) mass is 425 g/mol. The van der Waals surface area contributed by atoms with E-state index in [4.69, 9.17) is 4.74 Å². The van der Waals surface area contributed by atoms with Crippen LogP contribution in [0.15, 0.2) is 65.1 Å². The summed E-state index contributed by atoms with van der Waals surface area (Å²) in [7, 11) is -3.52. The molecule has 0 saturated carbocycles. The van der Waals surface area contributed by atoms with Crippen LogP contribution in [-0.4, -0.2) is 51.5 Å². The Labute approximate surface area is 176 Å². The van der Waals surface area contributed by atoms with Gasteiger partial charge in [0.1, 0.15) is 11.6 Å². The second-order valence-electron chi connectivity index (χ2n) is 6.75. The molecule has 0 unspecified atom stereocenters. The van der Waals surface area contributed by atoms with Gasteiger partial charge in [0.15, 0.2) is 0 Å². The SMILES string of the molecule is N#C/C(=C\c1ccccc1)C(=O)NCCc1ccc(S(=O)(=O)N2CCOCC2)cc1. The number of sulfonamides is 1. The lowest BCUT2D eigenvalue weighted by molar-refractivity contribution is -0.117. The Kier molecular flexibility index (Phi) is 7.36. The lowest BCUT2D eigenvalue weighted by Crippen LogP contribution is -2.40. The summed E-state index contributed by atoms with van der Waals surface area (Å²) in [6.07, 6.45) is 2.06. The Balaban J connectivity index is 1.55. The van der Waals surface area contributed by atoms with Crippen molar-refractivity contribution in [1.82, 2.24) is 9.62 Å². The molecule has 2 aromatic carbocycles. The first-order chi connectivity index (χ1) is 14.5. The van der Waals surface area contributed by atoms with Crippen molar-refractivity contribution in [1.29, 1.82) is 5.26 Å². The third-order valence-corrected chi connectivity index (χ3v) is 6.62. The predicted molar refractivity (Wildman–Crippen MR) is 113 cm³/mol. The van der Waals surface area contributed by atoms with Gasteiger partial charge in [-0.25, -0.2) is 8.42 Å². The van der Waals surface area contributed by atoms with Crippen molar-refractivity contribution in [2.24, 2.45) is 0 Å². The molecule has 3 rings (SSSR count). The summed E-state index contributed by atoms with van der Waals surface area (Å²) in [5, 5.41) is 12.0. The Morgan fingerprint density at radius 1 is 1.10 bits per heavy atom. The smallest absolute Gasteiger partial charge is 0.261 e. The highest BCUT2D eigenvalue weighted by molar-refractivity contribution is 7.89. The average Bonchev–Trinajstić information content (AvgIpc) is 2.79. The van der Waals surface area contributed by atoms with Crippen molar-refractivity contribution in [2.75, 3.05) is 32.8 Å². The van der Waals surface area contributed by atoms with Gasteiger partial charge < -0.3 is 10.1 Å². The van der Waals surface area contributed by atoms with E-state index in [0.717, 1.165) is 11.1 Å². The zero-order valence-electron chi connectivity index (χ0n) is 16.5. The van der Waals surface area contributed by atoms with E-state index in [0.29, 0.717) is 39.3 Å². The van der Waals surface area contributed by atoms with E-state index < -0.39 is 15.9 Å². The van der Waals surface area contributed by atoms with Gasteiger partial charge in [0.05, 0.1) is 18.1 Å². The maximum Gasteiger partial charge on any atom is 0.261 e. The first-order valence-electron chi connectivity index (χ1n) is 9.62. The highest BCUT2D eigenvalue weighted by Gasteiger charge is 2.26. The van der Waals surface area contributed by atoms with Gasteiger partial charge in [-0.3, -0.25) is 4.79 Å². The molecule has 1 N–H and O–H groups in total. The van der Waals surface area contributed by atoms with Crippen LogP contribution in [0, 0.1) is 11.3 Å². The zero-order chi connectivity index (χ0) is 21.4. The predicted octanol–water partition coefficient (Wildman–Crippen LogP) is 1.97. The number of carbonyl (C=O) groups is 1. The molecule has 1 saturated heterocycles. The van der Waals surface area contributed by atoms with E-state index in [-0.39, 0.29) is 10.5 Å². The average molecular weight is 426 g/mol. The summed E-state index contributed by atoms with van der Waals surface area (Å²) in [5.74, 6) is -0.437. The molecule has 0 aromatic heterocycles.